The third-order valence-electron chi connectivity index (χ3n) is 6.14. The summed E-state index contributed by atoms with van der Waals surface area (Å²) < 4.78 is 79.2. The number of carbonyl (C=O) groups excluding carboxylic acids is 2. The predicted molar refractivity (Wildman–Crippen MR) is 129 cm³/mol. The van der Waals surface area contributed by atoms with Gasteiger partial charge in [-0.25, -0.2) is 0 Å². The minimum Gasteiger partial charge on any atom is -0.371 e. The zero-order valence-corrected chi connectivity index (χ0v) is 20.7. The molecule has 1 heterocycles. The van der Waals surface area contributed by atoms with Gasteiger partial charge < -0.3 is 15.5 Å². The van der Waals surface area contributed by atoms with Gasteiger partial charge in [-0.2, -0.15) is 26.3 Å². The molecule has 0 radical (unpaired) electrons. The Bertz CT molecular complexity index is 1100. The van der Waals surface area contributed by atoms with Gasteiger partial charge in [-0.3, -0.25) is 9.59 Å². The first-order valence-corrected chi connectivity index (χ1v) is 11.9. The second-order valence-electron chi connectivity index (χ2n) is 9.75. The van der Waals surface area contributed by atoms with Crippen molar-refractivity contribution in [2.75, 3.05) is 29.9 Å². The number of nitrogens with one attached hydrogen (secondary N) is 2. The fraction of sp³-hybridized carbons (Fsp3) is 0.462. The van der Waals surface area contributed by atoms with Crippen LogP contribution in [0.4, 0.5) is 37.7 Å². The van der Waals surface area contributed by atoms with Gasteiger partial charge in [0.25, 0.3) is 11.8 Å². The van der Waals surface area contributed by atoms with E-state index in [1.165, 1.54) is 12.1 Å². The molecule has 2 N–H and O–H groups in total. The maximum absolute atomic E-state index is 13.2. The molecule has 3 rings (SSSR count). The van der Waals surface area contributed by atoms with Crippen LogP contribution in [-0.4, -0.2) is 31.4 Å². The summed E-state index contributed by atoms with van der Waals surface area (Å²) in [5.41, 5.74) is -3.01. The van der Waals surface area contributed by atoms with E-state index < -0.39 is 40.9 Å². The van der Waals surface area contributed by atoms with E-state index >= 15 is 0 Å². The lowest BCUT2D eigenvalue weighted by Crippen LogP contribution is -2.35. The van der Waals surface area contributed by atoms with Crippen LogP contribution in [0.2, 0.25) is 0 Å². The van der Waals surface area contributed by atoms with Crippen molar-refractivity contribution >= 4 is 23.2 Å². The molecule has 1 saturated heterocycles. The lowest BCUT2D eigenvalue weighted by atomic mass is 9.97. The molecule has 1 aliphatic heterocycles. The van der Waals surface area contributed by atoms with Crippen molar-refractivity contribution in [1.29, 1.82) is 0 Å². The number of amides is 2. The van der Waals surface area contributed by atoms with Gasteiger partial charge in [0.1, 0.15) is 0 Å². The van der Waals surface area contributed by atoms with Gasteiger partial charge in [-0.1, -0.05) is 20.8 Å². The number of alkyl halides is 6. The third kappa shape index (κ3) is 7.39. The molecule has 0 aliphatic carbocycles. The normalized spacial score (nSPS) is 15.1. The van der Waals surface area contributed by atoms with Crippen molar-refractivity contribution in [2.24, 2.45) is 11.8 Å². The van der Waals surface area contributed by atoms with Gasteiger partial charge in [0, 0.05) is 36.6 Å². The van der Waals surface area contributed by atoms with Crippen LogP contribution < -0.4 is 15.5 Å². The molecule has 1 fully saturated rings. The summed E-state index contributed by atoms with van der Waals surface area (Å²) in [4.78, 5) is 27.8. The SMILES string of the molecule is CC(C)CNC(=O)c1cc(NC(=O)c2cc(C(F)(F)F)cc(C(F)(F)F)c2)ccc1N1CCC(C)CC1. The number of nitrogens with zero attached hydrogens (tertiary/aromatic N) is 1. The van der Waals surface area contributed by atoms with Crippen molar-refractivity contribution in [3.05, 3.63) is 58.7 Å². The smallest absolute Gasteiger partial charge is 0.371 e. The van der Waals surface area contributed by atoms with Crippen LogP contribution in [0, 0.1) is 11.8 Å². The molecule has 0 saturated carbocycles. The molecule has 11 heteroatoms. The van der Waals surface area contributed by atoms with Gasteiger partial charge in [0.15, 0.2) is 0 Å². The summed E-state index contributed by atoms with van der Waals surface area (Å²) >= 11 is 0. The highest BCUT2D eigenvalue weighted by Gasteiger charge is 2.37. The van der Waals surface area contributed by atoms with Crippen molar-refractivity contribution in [3.8, 4) is 0 Å². The molecular formula is C26H29F6N3O2. The summed E-state index contributed by atoms with van der Waals surface area (Å²) in [7, 11) is 0. The Morgan fingerprint density at radius 2 is 1.49 bits per heavy atom. The number of benzene rings is 2. The third-order valence-corrected chi connectivity index (χ3v) is 6.14. The molecule has 2 amide bonds. The molecular weight excluding hydrogens is 500 g/mol. The number of rotatable bonds is 6. The average molecular weight is 530 g/mol. The van der Waals surface area contributed by atoms with Gasteiger partial charge in [0.2, 0.25) is 0 Å². The molecule has 0 aromatic heterocycles. The fourth-order valence-corrected chi connectivity index (χ4v) is 4.00. The van der Waals surface area contributed by atoms with E-state index in [9.17, 15) is 35.9 Å². The van der Waals surface area contributed by atoms with E-state index in [1.807, 2.05) is 13.8 Å². The van der Waals surface area contributed by atoms with Gasteiger partial charge >= 0.3 is 12.4 Å². The Morgan fingerprint density at radius 3 is 2.00 bits per heavy atom. The fourth-order valence-electron chi connectivity index (χ4n) is 4.00. The highest BCUT2D eigenvalue weighted by Crippen LogP contribution is 2.36. The maximum Gasteiger partial charge on any atom is 0.416 e. The summed E-state index contributed by atoms with van der Waals surface area (Å²) in [5.74, 6) is -0.835. The first kappa shape index (κ1) is 28.3. The van der Waals surface area contributed by atoms with E-state index in [4.69, 9.17) is 0 Å². The molecule has 202 valence electrons. The summed E-state index contributed by atoms with van der Waals surface area (Å²) in [5, 5.41) is 5.16. The van der Waals surface area contributed by atoms with E-state index in [2.05, 4.69) is 22.5 Å². The Balaban J connectivity index is 1.94. The van der Waals surface area contributed by atoms with Crippen molar-refractivity contribution < 1.29 is 35.9 Å². The largest absolute Gasteiger partial charge is 0.416 e. The van der Waals surface area contributed by atoms with E-state index in [-0.39, 0.29) is 23.2 Å². The molecule has 1 aliphatic rings. The molecule has 0 atom stereocenters. The van der Waals surface area contributed by atoms with Crippen molar-refractivity contribution in [1.82, 2.24) is 5.32 Å². The summed E-state index contributed by atoms with van der Waals surface area (Å²) in [6.07, 6.45) is -8.29. The standard InChI is InChI=1S/C26H29F6N3O2/c1-15(2)14-33-24(37)21-13-20(4-5-22(21)35-8-6-16(3)7-9-35)34-23(36)17-10-18(25(27,28)29)12-19(11-17)26(30,31)32/h4-5,10-13,15-16H,6-9,14H2,1-3H3,(H,33,37)(H,34,36). The Kier molecular flexibility index (Phi) is 8.44. The molecule has 2 aromatic rings. The lowest BCUT2D eigenvalue weighted by Gasteiger charge is -2.33. The van der Waals surface area contributed by atoms with Gasteiger partial charge in [-0.15, -0.1) is 0 Å². The highest BCUT2D eigenvalue weighted by atomic mass is 19.4. The number of halogens is 6. The van der Waals surface area contributed by atoms with Crippen molar-refractivity contribution in [2.45, 2.75) is 46.0 Å². The monoisotopic (exact) mass is 529 g/mol. The van der Waals surface area contributed by atoms with Crippen LogP contribution in [0.15, 0.2) is 36.4 Å². The first-order chi connectivity index (χ1) is 17.1. The predicted octanol–water partition coefficient (Wildman–Crippen LogP) is 6.60. The zero-order valence-electron chi connectivity index (χ0n) is 20.7. The number of carbonyl (C=O) groups is 2. The number of hydrogen-bond donors (Lipinski definition) is 2. The first-order valence-electron chi connectivity index (χ1n) is 11.9. The summed E-state index contributed by atoms with van der Waals surface area (Å²) in [6, 6.07) is 5.18. The molecule has 2 aromatic carbocycles. The van der Waals surface area contributed by atoms with Crippen LogP contribution in [0.3, 0.4) is 0 Å². The molecule has 0 spiro atoms. The van der Waals surface area contributed by atoms with E-state index in [0.717, 1.165) is 25.9 Å². The Labute approximate surface area is 211 Å². The number of anilines is 2. The van der Waals surface area contributed by atoms with Crippen molar-refractivity contribution in [3.63, 3.8) is 0 Å². The topological polar surface area (TPSA) is 61.4 Å². The van der Waals surface area contributed by atoms with Gasteiger partial charge in [-0.05, 0) is 61.1 Å². The number of piperidine rings is 1. The van der Waals surface area contributed by atoms with Gasteiger partial charge in [0.05, 0.1) is 16.7 Å². The van der Waals surface area contributed by atoms with Crippen LogP contribution in [-0.2, 0) is 12.4 Å². The van der Waals surface area contributed by atoms with Crippen LogP contribution >= 0.6 is 0 Å². The minimum atomic E-state index is -5.08. The lowest BCUT2D eigenvalue weighted by molar-refractivity contribution is -0.143. The second-order valence-corrected chi connectivity index (χ2v) is 9.75. The second kappa shape index (κ2) is 11.0. The number of hydrogen-bond acceptors (Lipinski definition) is 3. The molecule has 37 heavy (non-hydrogen) atoms. The van der Waals surface area contributed by atoms with Crippen LogP contribution in [0.5, 0.6) is 0 Å². The quantitative estimate of drug-likeness (QED) is 0.415. The average Bonchev–Trinajstić information content (AvgIpc) is 2.81. The molecule has 0 bridgehead atoms. The Morgan fingerprint density at radius 1 is 0.919 bits per heavy atom. The zero-order chi connectivity index (χ0) is 27.5. The molecule has 0 unspecified atom stereocenters. The summed E-state index contributed by atoms with van der Waals surface area (Å²) in [6.45, 7) is 7.84. The van der Waals surface area contributed by atoms with E-state index in [1.54, 1.807) is 6.07 Å². The van der Waals surface area contributed by atoms with Crippen LogP contribution in [0.25, 0.3) is 0 Å². The molecule has 5 nitrogen and oxygen atoms in total. The maximum atomic E-state index is 13.2. The highest BCUT2D eigenvalue weighted by molar-refractivity contribution is 6.06. The van der Waals surface area contributed by atoms with Crippen LogP contribution in [0.1, 0.15) is 65.5 Å². The minimum absolute atomic E-state index is 0.0395. The van der Waals surface area contributed by atoms with E-state index in [0.29, 0.717) is 30.3 Å². The Hall–Kier alpha value is -3.24.